The van der Waals surface area contributed by atoms with Crippen molar-refractivity contribution in [3.05, 3.63) is 57.9 Å². The predicted molar refractivity (Wildman–Crippen MR) is 92.9 cm³/mol. The zero-order valence-corrected chi connectivity index (χ0v) is 14.4. The molecule has 2 aromatic rings. The summed E-state index contributed by atoms with van der Waals surface area (Å²) in [4.78, 5) is 25.3. The van der Waals surface area contributed by atoms with Gasteiger partial charge in [-0.15, -0.1) is 0 Å². The quantitative estimate of drug-likeness (QED) is 0.912. The lowest BCUT2D eigenvalue weighted by Crippen LogP contribution is -2.41. The average molecular weight is 362 g/mol. The second-order valence-corrected chi connectivity index (χ2v) is 6.52. The van der Waals surface area contributed by atoms with Crippen molar-refractivity contribution in [2.75, 3.05) is 18.4 Å². The maximum atomic E-state index is 13.3. The molecule has 0 atom stereocenters. The maximum absolute atomic E-state index is 13.3. The van der Waals surface area contributed by atoms with Gasteiger partial charge in [0.05, 0.1) is 0 Å². The third kappa shape index (κ3) is 4.44. The van der Waals surface area contributed by atoms with Gasteiger partial charge in [0, 0.05) is 32.3 Å². The number of nitrogens with one attached hydrogen (secondary N) is 1. The molecular weight excluding hydrogens is 342 g/mol. The highest BCUT2D eigenvalue weighted by molar-refractivity contribution is 5.88. The minimum absolute atomic E-state index is 0.252. The van der Waals surface area contributed by atoms with Gasteiger partial charge < -0.3 is 4.90 Å². The number of piperidine rings is 1. The number of rotatable bonds is 3. The second-order valence-electron chi connectivity index (χ2n) is 6.52. The zero-order valence-electron chi connectivity index (χ0n) is 14.4. The van der Waals surface area contributed by atoms with Gasteiger partial charge in [0.25, 0.3) is 5.56 Å². The van der Waals surface area contributed by atoms with Crippen LogP contribution in [0.2, 0.25) is 0 Å². The number of anilines is 1. The Balaban J connectivity index is 1.53. The van der Waals surface area contributed by atoms with Crippen molar-refractivity contribution in [1.82, 2.24) is 14.7 Å². The number of halogens is 2. The SMILES string of the molecule is Cn1nc(NC(=O)N2CCC(Cc3cc(F)cc(F)c3)CC2)ccc1=O. The molecule has 26 heavy (non-hydrogen) atoms. The van der Waals surface area contributed by atoms with E-state index in [1.165, 1.54) is 31.3 Å². The van der Waals surface area contributed by atoms with Crippen molar-refractivity contribution in [2.45, 2.75) is 19.3 Å². The lowest BCUT2D eigenvalue weighted by Gasteiger charge is -2.32. The van der Waals surface area contributed by atoms with Crippen LogP contribution in [-0.2, 0) is 13.5 Å². The average Bonchev–Trinajstić information content (AvgIpc) is 2.58. The molecule has 1 fully saturated rings. The van der Waals surface area contributed by atoms with Crippen LogP contribution in [0.15, 0.2) is 35.1 Å². The molecule has 0 unspecified atom stereocenters. The normalized spacial score (nSPS) is 15.1. The molecule has 0 aliphatic carbocycles. The lowest BCUT2D eigenvalue weighted by atomic mass is 9.90. The van der Waals surface area contributed by atoms with E-state index in [1.54, 1.807) is 4.90 Å². The number of aryl methyl sites for hydroxylation is 1. The monoisotopic (exact) mass is 362 g/mol. The van der Waals surface area contributed by atoms with Crippen molar-refractivity contribution in [3.63, 3.8) is 0 Å². The van der Waals surface area contributed by atoms with Crippen LogP contribution >= 0.6 is 0 Å². The first-order valence-electron chi connectivity index (χ1n) is 8.46. The minimum atomic E-state index is -0.568. The molecule has 1 aliphatic heterocycles. The third-order valence-corrected chi connectivity index (χ3v) is 4.54. The van der Waals surface area contributed by atoms with Crippen LogP contribution in [0.3, 0.4) is 0 Å². The van der Waals surface area contributed by atoms with Gasteiger partial charge >= 0.3 is 6.03 Å². The van der Waals surface area contributed by atoms with Gasteiger partial charge in [0.15, 0.2) is 5.82 Å². The molecule has 1 aromatic carbocycles. The van der Waals surface area contributed by atoms with Crippen molar-refractivity contribution < 1.29 is 13.6 Å². The molecule has 1 saturated heterocycles. The Morgan fingerprint density at radius 3 is 2.46 bits per heavy atom. The van der Waals surface area contributed by atoms with Crippen LogP contribution in [0, 0.1) is 17.6 Å². The molecule has 8 heteroatoms. The van der Waals surface area contributed by atoms with Crippen molar-refractivity contribution >= 4 is 11.8 Å². The number of hydrogen-bond acceptors (Lipinski definition) is 3. The molecular formula is C18H20F2N4O2. The van der Waals surface area contributed by atoms with Gasteiger partial charge in [-0.2, -0.15) is 5.10 Å². The van der Waals surface area contributed by atoms with Gasteiger partial charge in [-0.05, 0) is 48.9 Å². The van der Waals surface area contributed by atoms with Crippen LogP contribution in [0.25, 0.3) is 0 Å². The van der Waals surface area contributed by atoms with E-state index in [2.05, 4.69) is 10.4 Å². The number of aromatic nitrogens is 2. The Morgan fingerprint density at radius 2 is 1.85 bits per heavy atom. The van der Waals surface area contributed by atoms with Crippen LogP contribution < -0.4 is 10.9 Å². The highest BCUT2D eigenvalue weighted by Crippen LogP contribution is 2.23. The molecule has 2 amide bonds. The Hall–Kier alpha value is -2.77. The molecule has 138 valence electrons. The zero-order chi connectivity index (χ0) is 18.7. The maximum Gasteiger partial charge on any atom is 0.323 e. The molecule has 3 rings (SSSR count). The minimum Gasteiger partial charge on any atom is -0.324 e. The summed E-state index contributed by atoms with van der Waals surface area (Å²) in [5, 5.41) is 6.65. The van der Waals surface area contributed by atoms with Gasteiger partial charge in [-0.3, -0.25) is 10.1 Å². The van der Waals surface area contributed by atoms with Crippen LogP contribution in [0.1, 0.15) is 18.4 Å². The van der Waals surface area contributed by atoms with Gasteiger partial charge in [0.2, 0.25) is 0 Å². The van der Waals surface area contributed by atoms with E-state index in [4.69, 9.17) is 0 Å². The fourth-order valence-corrected chi connectivity index (χ4v) is 3.16. The Bertz CT molecular complexity index is 840. The van der Waals surface area contributed by atoms with E-state index in [-0.39, 0.29) is 17.5 Å². The van der Waals surface area contributed by atoms with Crippen molar-refractivity contribution in [2.24, 2.45) is 13.0 Å². The highest BCUT2D eigenvalue weighted by Gasteiger charge is 2.23. The Morgan fingerprint density at radius 1 is 1.19 bits per heavy atom. The topological polar surface area (TPSA) is 67.2 Å². The number of amides is 2. The number of likely N-dealkylation sites (tertiary alicyclic amines) is 1. The number of carbonyl (C=O) groups excluding carboxylic acids is 1. The Kier molecular flexibility index (Phi) is 5.29. The van der Waals surface area contributed by atoms with Crippen molar-refractivity contribution in [1.29, 1.82) is 0 Å². The smallest absolute Gasteiger partial charge is 0.323 e. The van der Waals surface area contributed by atoms with Crippen LogP contribution in [0.5, 0.6) is 0 Å². The summed E-state index contributed by atoms with van der Waals surface area (Å²) in [5.74, 6) is -0.548. The highest BCUT2D eigenvalue weighted by atomic mass is 19.1. The summed E-state index contributed by atoms with van der Waals surface area (Å²) in [6, 6.07) is 6.11. The molecule has 0 saturated carbocycles. The summed E-state index contributed by atoms with van der Waals surface area (Å²) >= 11 is 0. The lowest BCUT2D eigenvalue weighted by molar-refractivity contribution is 0.182. The number of urea groups is 1. The standard InChI is InChI=1S/C18H20F2N4O2/c1-23-17(25)3-2-16(22-23)21-18(26)24-6-4-12(5-7-24)8-13-9-14(19)11-15(20)10-13/h2-3,9-12H,4-8H2,1H3,(H,21,22,26). The molecule has 1 aromatic heterocycles. The van der Waals surface area contributed by atoms with Crippen LogP contribution in [-0.4, -0.2) is 33.8 Å². The largest absolute Gasteiger partial charge is 0.324 e. The summed E-state index contributed by atoms with van der Waals surface area (Å²) < 4.78 is 27.7. The summed E-state index contributed by atoms with van der Waals surface area (Å²) in [6.07, 6.45) is 2.10. The molecule has 1 N–H and O–H groups in total. The first kappa shape index (κ1) is 18.0. The summed E-state index contributed by atoms with van der Waals surface area (Å²) in [6.45, 7) is 1.11. The van der Waals surface area contributed by atoms with E-state index in [1.807, 2.05) is 0 Å². The first-order valence-corrected chi connectivity index (χ1v) is 8.46. The second kappa shape index (κ2) is 7.63. The van der Waals surface area contributed by atoms with Crippen LogP contribution in [0.4, 0.5) is 19.4 Å². The van der Waals surface area contributed by atoms with E-state index in [9.17, 15) is 18.4 Å². The molecule has 0 bridgehead atoms. The number of carbonyl (C=O) groups is 1. The molecule has 0 radical (unpaired) electrons. The van der Waals surface area contributed by atoms with Crippen molar-refractivity contribution in [3.8, 4) is 0 Å². The fraction of sp³-hybridized carbons (Fsp3) is 0.389. The third-order valence-electron chi connectivity index (χ3n) is 4.54. The summed E-state index contributed by atoms with van der Waals surface area (Å²) in [7, 11) is 1.51. The molecule has 1 aliphatic rings. The first-order chi connectivity index (χ1) is 12.4. The fourth-order valence-electron chi connectivity index (χ4n) is 3.16. The van der Waals surface area contributed by atoms with Gasteiger partial charge in [-0.25, -0.2) is 18.3 Å². The van der Waals surface area contributed by atoms with E-state index in [0.29, 0.717) is 30.9 Å². The number of nitrogens with zero attached hydrogens (tertiary/aromatic N) is 3. The molecule has 0 spiro atoms. The predicted octanol–water partition coefficient (Wildman–Crippen LogP) is 2.55. The van der Waals surface area contributed by atoms with E-state index < -0.39 is 11.6 Å². The Labute approximate surface area is 149 Å². The van der Waals surface area contributed by atoms with E-state index >= 15 is 0 Å². The van der Waals surface area contributed by atoms with Gasteiger partial charge in [0.1, 0.15) is 11.6 Å². The molecule has 6 nitrogen and oxygen atoms in total. The number of hydrogen-bond donors (Lipinski definition) is 1. The van der Waals surface area contributed by atoms with E-state index in [0.717, 1.165) is 23.6 Å². The summed E-state index contributed by atoms with van der Waals surface area (Å²) in [5.41, 5.74) is 0.386. The molecule has 2 heterocycles. The number of benzene rings is 1. The van der Waals surface area contributed by atoms with Gasteiger partial charge in [-0.1, -0.05) is 0 Å².